The summed E-state index contributed by atoms with van der Waals surface area (Å²) in [5, 5.41) is 17.1. The van der Waals surface area contributed by atoms with Gasteiger partial charge in [0, 0.05) is 13.1 Å². The number of para-hydroxylation sites is 1. The minimum atomic E-state index is -0.614. The highest BCUT2D eigenvalue weighted by Gasteiger charge is 2.28. The van der Waals surface area contributed by atoms with Crippen molar-refractivity contribution in [2.75, 3.05) is 26.2 Å². The number of nitrogens with one attached hydrogen (secondary N) is 2. The van der Waals surface area contributed by atoms with Gasteiger partial charge in [-0.15, -0.1) is 0 Å². The molecule has 2 rings (SSSR count). The Labute approximate surface area is 145 Å². The molecule has 1 saturated carbocycles. The van der Waals surface area contributed by atoms with Gasteiger partial charge in [-0.1, -0.05) is 37.5 Å². The summed E-state index contributed by atoms with van der Waals surface area (Å²) in [6.07, 6.45) is 6.05. The third-order valence-electron chi connectivity index (χ3n) is 4.29. The van der Waals surface area contributed by atoms with Crippen molar-refractivity contribution in [3.8, 4) is 5.75 Å². The summed E-state index contributed by atoms with van der Waals surface area (Å²) in [6.45, 7) is 4.79. The highest BCUT2D eigenvalue weighted by Crippen LogP contribution is 2.28. The van der Waals surface area contributed by atoms with Crippen LogP contribution < -0.4 is 15.4 Å². The Morgan fingerprint density at radius 2 is 1.92 bits per heavy atom. The van der Waals surface area contributed by atoms with Gasteiger partial charge in [-0.3, -0.25) is 4.99 Å². The van der Waals surface area contributed by atoms with E-state index in [1.807, 2.05) is 37.3 Å². The summed E-state index contributed by atoms with van der Waals surface area (Å²) in [4.78, 5) is 4.57. The number of benzene rings is 1. The van der Waals surface area contributed by atoms with Gasteiger partial charge in [-0.05, 0) is 38.3 Å². The zero-order chi connectivity index (χ0) is 17.1. The molecule has 0 bridgehead atoms. The molecule has 24 heavy (non-hydrogen) atoms. The standard InChI is InChI=1S/C19H31N3O2/c1-2-20-18(22-16-19(23)12-7-4-8-13-19)21-14-9-15-24-17-10-5-3-6-11-17/h3,5-6,10-11,23H,2,4,7-9,12-16H2,1H3,(H2,20,21,22). The maximum atomic E-state index is 10.5. The van der Waals surface area contributed by atoms with Crippen LogP contribution in [-0.4, -0.2) is 42.9 Å². The molecule has 0 amide bonds. The second kappa shape index (κ2) is 10.2. The van der Waals surface area contributed by atoms with Crippen molar-refractivity contribution in [2.24, 2.45) is 4.99 Å². The van der Waals surface area contributed by atoms with Gasteiger partial charge in [0.05, 0.1) is 18.8 Å². The molecule has 3 N–H and O–H groups in total. The maximum Gasteiger partial charge on any atom is 0.191 e. The Hall–Kier alpha value is -1.75. The van der Waals surface area contributed by atoms with E-state index in [0.29, 0.717) is 13.2 Å². The van der Waals surface area contributed by atoms with Crippen molar-refractivity contribution < 1.29 is 9.84 Å². The van der Waals surface area contributed by atoms with E-state index < -0.39 is 5.60 Å². The molecule has 1 fully saturated rings. The van der Waals surface area contributed by atoms with Crippen molar-refractivity contribution >= 4 is 5.96 Å². The van der Waals surface area contributed by atoms with Crippen molar-refractivity contribution in [3.63, 3.8) is 0 Å². The minimum Gasteiger partial charge on any atom is -0.494 e. The van der Waals surface area contributed by atoms with Crippen LogP contribution in [0, 0.1) is 0 Å². The molecule has 134 valence electrons. The highest BCUT2D eigenvalue weighted by molar-refractivity contribution is 5.79. The molecule has 0 radical (unpaired) electrons. The van der Waals surface area contributed by atoms with Gasteiger partial charge in [-0.25, -0.2) is 0 Å². The van der Waals surface area contributed by atoms with Crippen LogP contribution in [0.25, 0.3) is 0 Å². The first kappa shape index (κ1) is 18.6. The van der Waals surface area contributed by atoms with E-state index in [9.17, 15) is 5.11 Å². The van der Waals surface area contributed by atoms with Crippen LogP contribution in [0.15, 0.2) is 35.3 Å². The number of ether oxygens (including phenoxy) is 1. The lowest BCUT2D eigenvalue weighted by molar-refractivity contribution is 0.0131. The van der Waals surface area contributed by atoms with E-state index in [4.69, 9.17) is 4.74 Å². The molecule has 0 atom stereocenters. The van der Waals surface area contributed by atoms with Crippen LogP contribution in [0.4, 0.5) is 0 Å². The van der Waals surface area contributed by atoms with Gasteiger partial charge >= 0.3 is 0 Å². The van der Waals surface area contributed by atoms with E-state index in [0.717, 1.165) is 56.9 Å². The molecule has 1 aromatic rings. The molecule has 1 aliphatic rings. The summed E-state index contributed by atoms with van der Waals surface area (Å²) < 4.78 is 5.68. The molecule has 5 nitrogen and oxygen atoms in total. The second-order valence-electron chi connectivity index (χ2n) is 6.42. The van der Waals surface area contributed by atoms with Crippen LogP contribution in [0.1, 0.15) is 45.4 Å². The van der Waals surface area contributed by atoms with Crippen molar-refractivity contribution in [3.05, 3.63) is 30.3 Å². The molecule has 0 saturated heterocycles. The molecule has 1 aromatic carbocycles. The monoisotopic (exact) mass is 333 g/mol. The first-order chi connectivity index (χ1) is 11.7. The van der Waals surface area contributed by atoms with Crippen LogP contribution in [0.5, 0.6) is 5.75 Å². The van der Waals surface area contributed by atoms with Crippen LogP contribution in [-0.2, 0) is 0 Å². The topological polar surface area (TPSA) is 65.9 Å². The van der Waals surface area contributed by atoms with Gasteiger partial charge in [0.2, 0.25) is 0 Å². The summed E-state index contributed by atoms with van der Waals surface area (Å²) in [6, 6.07) is 9.85. The summed E-state index contributed by atoms with van der Waals surface area (Å²) in [5.74, 6) is 1.67. The molecule has 0 spiro atoms. The third kappa shape index (κ3) is 6.79. The molecule has 0 aromatic heterocycles. The van der Waals surface area contributed by atoms with Gasteiger partial charge in [-0.2, -0.15) is 0 Å². The zero-order valence-corrected chi connectivity index (χ0v) is 14.8. The summed E-state index contributed by atoms with van der Waals surface area (Å²) in [5.41, 5.74) is -0.614. The number of hydrogen-bond acceptors (Lipinski definition) is 3. The Morgan fingerprint density at radius 3 is 2.62 bits per heavy atom. The SMILES string of the molecule is CCNC(=NCC1(O)CCCCC1)NCCCOc1ccccc1. The number of aliphatic imine (C=N–C) groups is 1. The Bertz CT molecular complexity index is 485. The Morgan fingerprint density at radius 1 is 1.17 bits per heavy atom. The zero-order valence-electron chi connectivity index (χ0n) is 14.8. The molecule has 0 unspecified atom stereocenters. The average Bonchev–Trinajstić information content (AvgIpc) is 2.61. The van der Waals surface area contributed by atoms with Crippen molar-refractivity contribution in [1.29, 1.82) is 0 Å². The first-order valence-electron chi connectivity index (χ1n) is 9.14. The maximum absolute atomic E-state index is 10.5. The largest absolute Gasteiger partial charge is 0.494 e. The predicted octanol–water partition coefficient (Wildman–Crippen LogP) is 2.71. The molecule has 5 heteroatoms. The highest BCUT2D eigenvalue weighted by atomic mass is 16.5. The number of aliphatic hydroxyl groups is 1. The quantitative estimate of drug-likeness (QED) is 0.389. The third-order valence-corrected chi connectivity index (χ3v) is 4.29. The Kier molecular flexibility index (Phi) is 7.89. The molecule has 0 heterocycles. The van der Waals surface area contributed by atoms with E-state index >= 15 is 0 Å². The van der Waals surface area contributed by atoms with Gasteiger partial charge in [0.1, 0.15) is 5.75 Å². The van der Waals surface area contributed by atoms with E-state index in [1.54, 1.807) is 0 Å². The van der Waals surface area contributed by atoms with E-state index in [-0.39, 0.29) is 0 Å². The fourth-order valence-electron chi connectivity index (χ4n) is 2.92. The van der Waals surface area contributed by atoms with Gasteiger partial charge < -0.3 is 20.5 Å². The molecular weight excluding hydrogens is 302 g/mol. The number of hydrogen-bond donors (Lipinski definition) is 3. The smallest absolute Gasteiger partial charge is 0.191 e. The number of nitrogens with zero attached hydrogens (tertiary/aromatic N) is 1. The lowest BCUT2D eigenvalue weighted by Crippen LogP contribution is -2.41. The van der Waals surface area contributed by atoms with Crippen LogP contribution in [0.3, 0.4) is 0 Å². The van der Waals surface area contributed by atoms with Crippen LogP contribution >= 0.6 is 0 Å². The molecule has 1 aliphatic carbocycles. The second-order valence-corrected chi connectivity index (χ2v) is 6.42. The average molecular weight is 333 g/mol. The molecular formula is C19H31N3O2. The normalized spacial score (nSPS) is 17.3. The van der Waals surface area contributed by atoms with Crippen LogP contribution in [0.2, 0.25) is 0 Å². The van der Waals surface area contributed by atoms with Crippen molar-refractivity contribution in [1.82, 2.24) is 10.6 Å². The fourth-order valence-corrected chi connectivity index (χ4v) is 2.92. The van der Waals surface area contributed by atoms with E-state index in [1.165, 1.54) is 6.42 Å². The lowest BCUT2D eigenvalue weighted by Gasteiger charge is -2.30. The first-order valence-corrected chi connectivity index (χ1v) is 9.14. The van der Waals surface area contributed by atoms with E-state index in [2.05, 4.69) is 15.6 Å². The molecule has 0 aliphatic heterocycles. The summed E-state index contributed by atoms with van der Waals surface area (Å²) in [7, 11) is 0. The number of guanidine groups is 1. The van der Waals surface area contributed by atoms with Gasteiger partial charge in [0.15, 0.2) is 5.96 Å². The van der Waals surface area contributed by atoms with Crippen molar-refractivity contribution in [2.45, 2.75) is 51.0 Å². The number of rotatable bonds is 8. The Balaban J connectivity index is 1.69. The minimum absolute atomic E-state index is 0.475. The summed E-state index contributed by atoms with van der Waals surface area (Å²) >= 11 is 0. The van der Waals surface area contributed by atoms with Gasteiger partial charge in [0.25, 0.3) is 0 Å². The fraction of sp³-hybridized carbons (Fsp3) is 0.632. The lowest BCUT2D eigenvalue weighted by atomic mass is 9.85. The predicted molar refractivity (Wildman–Crippen MR) is 98.6 cm³/mol.